The van der Waals surface area contributed by atoms with E-state index in [2.05, 4.69) is 27.3 Å². The van der Waals surface area contributed by atoms with Crippen molar-refractivity contribution in [2.45, 2.75) is 6.42 Å². The highest BCUT2D eigenvalue weighted by Crippen LogP contribution is 2.30. The van der Waals surface area contributed by atoms with E-state index in [-0.39, 0.29) is 24.8 Å². The average molecular weight is 455 g/mol. The molecule has 1 aromatic heterocycles. The summed E-state index contributed by atoms with van der Waals surface area (Å²) in [6, 6.07) is 17.7. The van der Waals surface area contributed by atoms with Gasteiger partial charge in [0.2, 0.25) is 11.8 Å². The number of piperazine rings is 1. The van der Waals surface area contributed by atoms with E-state index in [1.807, 2.05) is 47.8 Å². The number of hydrogen-bond acceptors (Lipinski definition) is 5. The third-order valence-electron chi connectivity index (χ3n) is 5.19. The summed E-state index contributed by atoms with van der Waals surface area (Å²) in [5.41, 5.74) is 2.69. The predicted octanol–water partition coefficient (Wildman–Crippen LogP) is 3.47. The minimum Gasteiger partial charge on any atom is -0.368 e. The van der Waals surface area contributed by atoms with Crippen LogP contribution in [0.5, 0.6) is 0 Å². The van der Waals surface area contributed by atoms with E-state index in [9.17, 15) is 9.59 Å². The predicted molar refractivity (Wildman–Crippen MR) is 125 cm³/mol. The Labute approximate surface area is 190 Å². The molecule has 1 N–H and O–H groups in total. The van der Waals surface area contributed by atoms with E-state index in [0.717, 1.165) is 23.7 Å². The molecule has 1 aliphatic rings. The zero-order chi connectivity index (χ0) is 21.6. The monoisotopic (exact) mass is 454 g/mol. The van der Waals surface area contributed by atoms with Crippen LogP contribution in [0.2, 0.25) is 5.02 Å². The number of amides is 2. The first-order chi connectivity index (χ1) is 15.1. The van der Waals surface area contributed by atoms with Gasteiger partial charge in [-0.05, 0) is 18.2 Å². The first-order valence-electron chi connectivity index (χ1n) is 10.1. The molecule has 160 valence electrons. The Morgan fingerprint density at radius 3 is 2.45 bits per heavy atom. The molecule has 3 aromatic rings. The number of nitrogens with one attached hydrogen (secondary N) is 1. The fourth-order valence-electron chi connectivity index (χ4n) is 3.51. The summed E-state index contributed by atoms with van der Waals surface area (Å²) in [4.78, 5) is 33.4. The molecule has 6 nitrogen and oxygen atoms in total. The van der Waals surface area contributed by atoms with Crippen molar-refractivity contribution >= 4 is 40.4 Å². The van der Waals surface area contributed by atoms with E-state index >= 15 is 0 Å². The summed E-state index contributed by atoms with van der Waals surface area (Å²) in [5.74, 6) is -0.275. The second-order valence-corrected chi connectivity index (χ2v) is 8.55. The second kappa shape index (κ2) is 9.94. The smallest absolute Gasteiger partial charge is 0.242 e. The largest absolute Gasteiger partial charge is 0.368 e. The fourth-order valence-corrected chi connectivity index (χ4v) is 4.65. The molecule has 1 fully saturated rings. The van der Waals surface area contributed by atoms with Crippen LogP contribution in [0, 0.1) is 0 Å². The molecule has 8 heteroatoms. The van der Waals surface area contributed by atoms with Gasteiger partial charge in [-0.15, -0.1) is 11.3 Å². The number of benzene rings is 2. The highest BCUT2D eigenvalue weighted by Gasteiger charge is 2.21. The maximum Gasteiger partial charge on any atom is 0.242 e. The van der Waals surface area contributed by atoms with Crippen molar-refractivity contribution in [1.29, 1.82) is 0 Å². The van der Waals surface area contributed by atoms with Crippen LogP contribution in [0.4, 0.5) is 5.69 Å². The molecule has 2 heterocycles. The molecule has 0 spiro atoms. The van der Waals surface area contributed by atoms with E-state index < -0.39 is 0 Å². The van der Waals surface area contributed by atoms with Gasteiger partial charge in [0, 0.05) is 42.8 Å². The van der Waals surface area contributed by atoms with Crippen molar-refractivity contribution in [3.8, 4) is 10.6 Å². The zero-order valence-corrected chi connectivity index (χ0v) is 18.5. The Morgan fingerprint density at radius 1 is 1.00 bits per heavy atom. The number of carbonyl (C=O) groups excluding carboxylic acids is 2. The number of thiazole rings is 1. The first kappa shape index (κ1) is 21.3. The molecule has 2 aromatic carbocycles. The van der Waals surface area contributed by atoms with Crippen molar-refractivity contribution in [3.63, 3.8) is 0 Å². The Hall–Kier alpha value is -2.90. The van der Waals surface area contributed by atoms with Crippen LogP contribution >= 0.6 is 22.9 Å². The molecular weight excluding hydrogens is 432 g/mol. The van der Waals surface area contributed by atoms with Gasteiger partial charge in [-0.25, -0.2) is 4.98 Å². The van der Waals surface area contributed by atoms with Crippen molar-refractivity contribution in [2.75, 3.05) is 37.6 Å². The molecule has 2 amide bonds. The maximum absolute atomic E-state index is 12.5. The van der Waals surface area contributed by atoms with E-state index in [0.29, 0.717) is 23.8 Å². The van der Waals surface area contributed by atoms with E-state index in [4.69, 9.17) is 11.6 Å². The molecule has 4 rings (SSSR count). The lowest BCUT2D eigenvalue weighted by atomic mass is 10.2. The van der Waals surface area contributed by atoms with E-state index in [1.54, 1.807) is 4.90 Å². The Bertz CT molecular complexity index is 1050. The Balaban J connectivity index is 1.23. The van der Waals surface area contributed by atoms with Gasteiger partial charge in [0.1, 0.15) is 5.01 Å². The summed E-state index contributed by atoms with van der Waals surface area (Å²) in [6.07, 6.45) is 0.135. The summed E-state index contributed by atoms with van der Waals surface area (Å²) >= 11 is 7.67. The summed E-state index contributed by atoms with van der Waals surface area (Å²) < 4.78 is 0. The molecule has 0 unspecified atom stereocenters. The van der Waals surface area contributed by atoms with Gasteiger partial charge < -0.3 is 15.1 Å². The van der Waals surface area contributed by atoms with E-state index in [1.165, 1.54) is 17.0 Å². The number of hydrogen-bond donors (Lipinski definition) is 1. The van der Waals surface area contributed by atoms with Gasteiger partial charge in [-0.3, -0.25) is 9.59 Å². The lowest BCUT2D eigenvalue weighted by Gasteiger charge is -2.36. The number of halogens is 1. The Kier molecular flexibility index (Phi) is 6.84. The molecule has 1 saturated heterocycles. The molecule has 1 aliphatic heterocycles. The minimum atomic E-state index is -0.215. The van der Waals surface area contributed by atoms with Crippen LogP contribution < -0.4 is 10.2 Å². The summed E-state index contributed by atoms with van der Waals surface area (Å²) in [6.45, 7) is 2.88. The van der Waals surface area contributed by atoms with Crippen LogP contribution in [-0.4, -0.2) is 54.4 Å². The molecule has 0 saturated carbocycles. The lowest BCUT2D eigenvalue weighted by Crippen LogP contribution is -2.51. The van der Waals surface area contributed by atoms with Crippen LogP contribution in [0.25, 0.3) is 10.6 Å². The van der Waals surface area contributed by atoms with Gasteiger partial charge in [0.25, 0.3) is 0 Å². The highest BCUT2D eigenvalue weighted by molar-refractivity contribution is 7.13. The highest BCUT2D eigenvalue weighted by atomic mass is 35.5. The van der Waals surface area contributed by atoms with Gasteiger partial charge in [-0.1, -0.05) is 48.0 Å². The number of rotatable bonds is 6. The quantitative estimate of drug-likeness (QED) is 0.619. The summed E-state index contributed by atoms with van der Waals surface area (Å²) in [5, 5.41) is 5.99. The number of para-hydroxylation sites is 1. The molecule has 31 heavy (non-hydrogen) atoms. The van der Waals surface area contributed by atoms with Crippen LogP contribution in [0.3, 0.4) is 0 Å². The maximum atomic E-state index is 12.5. The van der Waals surface area contributed by atoms with Crippen molar-refractivity contribution < 1.29 is 9.59 Å². The molecule has 0 bridgehead atoms. The van der Waals surface area contributed by atoms with Crippen LogP contribution in [0.15, 0.2) is 60.0 Å². The van der Waals surface area contributed by atoms with Crippen molar-refractivity contribution in [1.82, 2.24) is 15.2 Å². The molecular formula is C23H23ClN4O2S. The van der Waals surface area contributed by atoms with Gasteiger partial charge in [0.15, 0.2) is 0 Å². The Morgan fingerprint density at radius 2 is 1.71 bits per heavy atom. The van der Waals surface area contributed by atoms with Gasteiger partial charge in [-0.2, -0.15) is 0 Å². The van der Waals surface area contributed by atoms with Gasteiger partial charge in [0.05, 0.1) is 23.7 Å². The standard InChI is InChI=1S/C23H23ClN4O2S/c24-20-9-5-4-8-19(20)23-26-17(16-31-23)14-21(29)25-15-22(30)28-12-10-27(11-13-28)18-6-2-1-3-7-18/h1-9,16H,10-15H2,(H,25,29). The first-order valence-corrected chi connectivity index (χ1v) is 11.4. The van der Waals surface area contributed by atoms with Crippen LogP contribution in [0.1, 0.15) is 5.69 Å². The van der Waals surface area contributed by atoms with Gasteiger partial charge >= 0.3 is 0 Å². The van der Waals surface area contributed by atoms with Crippen LogP contribution in [-0.2, 0) is 16.0 Å². The zero-order valence-electron chi connectivity index (χ0n) is 17.0. The fraction of sp³-hybridized carbons (Fsp3) is 0.261. The van der Waals surface area contributed by atoms with Crippen molar-refractivity contribution in [3.05, 3.63) is 70.7 Å². The SMILES string of the molecule is O=C(Cc1csc(-c2ccccc2Cl)n1)NCC(=O)N1CCN(c2ccccc2)CC1. The number of nitrogens with zero attached hydrogens (tertiary/aromatic N) is 3. The normalized spacial score (nSPS) is 13.8. The third kappa shape index (κ3) is 5.42. The van der Waals surface area contributed by atoms with Crippen molar-refractivity contribution in [2.24, 2.45) is 0 Å². The summed E-state index contributed by atoms with van der Waals surface area (Å²) in [7, 11) is 0. The topological polar surface area (TPSA) is 65.5 Å². The molecule has 0 aliphatic carbocycles. The average Bonchev–Trinajstić information content (AvgIpc) is 3.26. The minimum absolute atomic E-state index is 0.00563. The number of carbonyl (C=O) groups is 2. The molecule has 0 radical (unpaired) electrons. The number of aromatic nitrogens is 1. The third-order valence-corrected chi connectivity index (χ3v) is 6.44. The lowest BCUT2D eigenvalue weighted by molar-refractivity contribution is -0.133. The second-order valence-electron chi connectivity index (χ2n) is 7.28. The number of anilines is 1. The molecule has 0 atom stereocenters.